The number of nitrogens with zero attached hydrogens (tertiary/aromatic N) is 1. The molecule has 2 rings (SSSR count). The Balaban J connectivity index is 2.34. The largest absolute Gasteiger partial charge is 0.375 e. The summed E-state index contributed by atoms with van der Waals surface area (Å²) in [4.78, 5) is 12.8. The topological polar surface area (TPSA) is 58.4 Å². The molecule has 6 heteroatoms. The van der Waals surface area contributed by atoms with E-state index in [2.05, 4.69) is 26.2 Å². The van der Waals surface area contributed by atoms with Crippen LogP contribution in [0.25, 0.3) is 0 Å². The zero-order valence-electron chi connectivity index (χ0n) is 13.8. The van der Waals surface area contributed by atoms with Crippen LogP contribution < -0.4 is 16.2 Å². The van der Waals surface area contributed by atoms with Crippen molar-refractivity contribution in [2.75, 3.05) is 5.01 Å². The molecule has 126 valence electrons. The van der Waals surface area contributed by atoms with Gasteiger partial charge in [0.15, 0.2) is 5.11 Å². The van der Waals surface area contributed by atoms with Gasteiger partial charge in [-0.2, -0.15) is 0 Å². The Morgan fingerprint density at radius 1 is 1.08 bits per heavy atom. The maximum Gasteiger partial charge on any atom is 0.276 e. The van der Waals surface area contributed by atoms with E-state index in [1.54, 1.807) is 12.1 Å². The highest BCUT2D eigenvalue weighted by atomic mass is 32.1. The SMILES string of the molecule is CC(C)(C)c1ccc(C(=O)N(NC(N)=S)c2ccc(F)cc2)cc1. The fourth-order valence-corrected chi connectivity index (χ4v) is 2.27. The molecule has 0 aliphatic carbocycles. The first kappa shape index (κ1) is 17.9. The van der Waals surface area contributed by atoms with Crippen LogP contribution in [0.2, 0.25) is 0 Å². The number of hydrogen-bond acceptors (Lipinski definition) is 2. The number of anilines is 1. The van der Waals surface area contributed by atoms with Gasteiger partial charge < -0.3 is 5.73 Å². The summed E-state index contributed by atoms with van der Waals surface area (Å²) in [6, 6.07) is 12.8. The minimum Gasteiger partial charge on any atom is -0.375 e. The maximum atomic E-state index is 13.1. The monoisotopic (exact) mass is 345 g/mol. The maximum absolute atomic E-state index is 13.1. The zero-order valence-corrected chi connectivity index (χ0v) is 14.7. The van der Waals surface area contributed by atoms with Crippen molar-refractivity contribution in [3.05, 3.63) is 65.5 Å². The van der Waals surface area contributed by atoms with Crippen molar-refractivity contribution in [3.63, 3.8) is 0 Å². The molecule has 0 aliphatic rings. The van der Waals surface area contributed by atoms with E-state index in [0.717, 1.165) is 5.56 Å². The van der Waals surface area contributed by atoms with Crippen LogP contribution in [-0.4, -0.2) is 11.0 Å². The van der Waals surface area contributed by atoms with Crippen molar-refractivity contribution < 1.29 is 9.18 Å². The Hall–Kier alpha value is -2.47. The van der Waals surface area contributed by atoms with Gasteiger partial charge in [0.25, 0.3) is 5.91 Å². The standard InChI is InChI=1S/C18H20FN3OS/c1-18(2,3)13-6-4-12(5-7-13)16(23)22(21-17(20)24)15-10-8-14(19)9-11-15/h4-11H,1-3H3,(H3,20,21,24). The number of hydrazine groups is 1. The van der Waals surface area contributed by atoms with E-state index in [4.69, 9.17) is 18.0 Å². The zero-order chi connectivity index (χ0) is 17.9. The molecule has 3 N–H and O–H groups in total. The number of halogens is 1. The lowest BCUT2D eigenvalue weighted by Crippen LogP contribution is -2.48. The minimum absolute atomic E-state index is 0.00467. The van der Waals surface area contributed by atoms with E-state index in [9.17, 15) is 9.18 Å². The lowest BCUT2D eigenvalue weighted by molar-refractivity contribution is 0.0980. The van der Waals surface area contributed by atoms with Gasteiger partial charge in [0.05, 0.1) is 5.69 Å². The lowest BCUT2D eigenvalue weighted by Gasteiger charge is -2.24. The van der Waals surface area contributed by atoms with Crippen LogP contribution in [0, 0.1) is 5.82 Å². The average Bonchev–Trinajstić information content (AvgIpc) is 2.52. The van der Waals surface area contributed by atoms with E-state index in [1.807, 2.05) is 12.1 Å². The molecule has 2 aromatic rings. The van der Waals surface area contributed by atoms with Crippen molar-refractivity contribution in [2.45, 2.75) is 26.2 Å². The summed E-state index contributed by atoms with van der Waals surface area (Å²) < 4.78 is 13.1. The highest BCUT2D eigenvalue weighted by molar-refractivity contribution is 7.80. The van der Waals surface area contributed by atoms with Crippen molar-refractivity contribution in [2.24, 2.45) is 5.73 Å². The number of rotatable bonds is 2. The fourth-order valence-electron chi connectivity index (χ4n) is 2.17. The van der Waals surface area contributed by atoms with Crippen molar-refractivity contribution in [1.29, 1.82) is 0 Å². The van der Waals surface area contributed by atoms with Crippen LogP contribution in [0.4, 0.5) is 10.1 Å². The van der Waals surface area contributed by atoms with E-state index in [1.165, 1.54) is 29.3 Å². The number of amides is 1. The van der Waals surface area contributed by atoms with Crippen LogP contribution >= 0.6 is 12.2 Å². The third-order valence-electron chi connectivity index (χ3n) is 3.51. The molecule has 0 unspecified atom stereocenters. The molecule has 0 saturated carbocycles. The number of nitrogens with one attached hydrogen (secondary N) is 1. The van der Waals surface area contributed by atoms with Crippen molar-refractivity contribution in [1.82, 2.24) is 5.43 Å². The summed E-state index contributed by atoms with van der Waals surface area (Å²) >= 11 is 4.84. The second-order valence-electron chi connectivity index (χ2n) is 6.42. The average molecular weight is 345 g/mol. The summed E-state index contributed by atoms with van der Waals surface area (Å²) in [7, 11) is 0. The molecular weight excluding hydrogens is 325 g/mol. The van der Waals surface area contributed by atoms with Crippen LogP contribution in [0.15, 0.2) is 48.5 Å². The van der Waals surface area contributed by atoms with Crippen molar-refractivity contribution in [3.8, 4) is 0 Å². The molecule has 0 fully saturated rings. The van der Waals surface area contributed by atoms with Crippen LogP contribution in [0.3, 0.4) is 0 Å². The Bertz CT molecular complexity index is 736. The molecule has 4 nitrogen and oxygen atoms in total. The number of carbonyl (C=O) groups excluding carboxylic acids is 1. The van der Waals surface area contributed by atoms with E-state index < -0.39 is 5.82 Å². The predicted octanol–water partition coefficient (Wildman–Crippen LogP) is 3.52. The first-order chi connectivity index (χ1) is 11.2. The van der Waals surface area contributed by atoms with Crippen molar-refractivity contribution >= 4 is 28.9 Å². The van der Waals surface area contributed by atoms with Gasteiger partial charge in [-0.05, 0) is 59.6 Å². The van der Waals surface area contributed by atoms with Gasteiger partial charge in [-0.15, -0.1) is 0 Å². The van der Waals surface area contributed by atoms with Gasteiger partial charge >= 0.3 is 0 Å². The predicted molar refractivity (Wildman–Crippen MR) is 98.3 cm³/mol. The molecule has 0 atom stereocenters. The molecule has 1 amide bonds. The van der Waals surface area contributed by atoms with E-state index >= 15 is 0 Å². The van der Waals surface area contributed by atoms with E-state index in [-0.39, 0.29) is 16.4 Å². The highest BCUT2D eigenvalue weighted by Crippen LogP contribution is 2.23. The fraction of sp³-hybridized carbons (Fsp3) is 0.222. The van der Waals surface area contributed by atoms with Crippen LogP contribution in [-0.2, 0) is 5.41 Å². The summed E-state index contributed by atoms with van der Waals surface area (Å²) in [5.41, 5.74) is 10.2. The second-order valence-corrected chi connectivity index (χ2v) is 6.86. The molecule has 0 bridgehead atoms. The summed E-state index contributed by atoms with van der Waals surface area (Å²) in [5, 5.41) is 1.15. The number of hydrogen-bond donors (Lipinski definition) is 2. The van der Waals surface area contributed by atoms with Gasteiger partial charge in [0, 0.05) is 5.56 Å². The molecule has 24 heavy (non-hydrogen) atoms. The highest BCUT2D eigenvalue weighted by Gasteiger charge is 2.20. The van der Waals surface area contributed by atoms with Gasteiger partial charge in [-0.1, -0.05) is 32.9 Å². The Morgan fingerprint density at radius 2 is 1.62 bits per heavy atom. The smallest absolute Gasteiger partial charge is 0.276 e. The van der Waals surface area contributed by atoms with E-state index in [0.29, 0.717) is 11.3 Å². The summed E-state index contributed by atoms with van der Waals surface area (Å²) in [5.74, 6) is -0.731. The molecule has 0 radical (unpaired) electrons. The normalized spacial score (nSPS) is 11.0. The Morgan fingerprint density at radius 3 is 2.08 bits per heavy atom. The van der Waals surface area contributed by atoms with Gasteiger partial charge in [0.2, 0.25) is 0 Å². The third kappa shape index (κ3) is 4.29. The first-order valence-corrected chi connectivity index (χ1v) is 7.86. The van der Waals surface area contributed by atoms with Crippen LogP contribution in [0.5, 0.6) is 0 Å². The van der Waals surface area contributed by atoms with Gasteiger partial charge in [-0.25, -0.2) is 9.40 Å². The number of nitrogens with two attached hydrogens (primary N) is 1. The third-order valence-corrected chi connectivity index (χ3v) is 3.60. The molecule has 0 saturated heterocycles. The first-order valence-electron chi connectivity index (χ1n) is 7.45. The number of benzene rings is 2. The molecular formula is C18H20FN3OS. The Kier molecular flexibility index (Phi) is 5.19. The van der Waals surface area contributed by atoms with Gasteiger partial charge in [0.1, 0.15) is 5.82 Å². The number of carbonyl (C=O) groups is 1. The summed E-state index contributed by atoms with van der Waals surface area (Å²) in [6.45, 7) is 6.30. The molecule has 2 aromatic carbocycles. The Labute approximate surface area is 146 Å². The minimum atomic E-state index is -0.393. The van der Waals surface area contributed by atoms with Crippen LogP contribution in [0.1, 0.15) is 36.7 Å². The van der Waals surface area contributed by atoms with Gasteiger partial charge in [-0.3, -0.25) is 10.2 Å². The quantitative estimate of drug-likeness (QED) is 0.646. The molecule has 0 aromatic heterocycles. The lowest BCUT2D eigenvalue weighted by atomic mass is 9.86. The molecule has 0 heterocycles. The molecule has 0 spiro atoms. The summed E-state index contributed by atoms with van der Waals surface area (Å²) in [6.07, 6.45) is 0. The number of thiocarbonyl (C=S) groups is 1. The molecule has 0 aliphatic heterocycles. The second kappa shape index (κ2) is 6.97.